The summed E-state index contributed by atoms with van der Waals surface area (Å²) in [5, 5.41) is 0.0931. The van der Waals surface area contributed by atoms with Crippen LogP contribution in [0.15, 0.2) is 57.0 Å². The number of alkyl halides is 3. The summed E-state index contributed by atoms with van der Waals surface area (Å²) >= 11 is 11.7. The maximum absolute atomic E-state index is 13.4. The van der Waals surface area contributed by atoms with Crippen molar-refractivity contribution in [1.29, 1.82) is 0 Å². The molecule has 1 unspecified atom stereocenters. The van der Waals surface area contributed by atoms with Crippen LogP contribution in [0.3, 0.4) is 0 Å². The number of nitrogens with zero attached hydrogens (tertiary/aromatic N) is 3. The molecule has 11 heteroatoms. The summed E-state index contributed by atoms with van der Waals surface area (Å²) in [7, 11) is 1.48. The first-order valence-electron chi connectivity index (χ1n) is 10.7. The van der Waals surface area contributed by atoms with Crippen molar-refractivity contribution in [1.82, 2.24) is 9.13 Å². The SMILES string of the molecule is CCn1c(=O)c2c(n(C)c1=O)N=C(Oc1ccc(Cl)c(C(F)(F)F)c1)C(Cc1ccc(Cl)cc1)C2. The van der Waals surface area contributed by atoms with Gasteiger partial charge in [0.15, 0.2) is 5.90 Å². The number of aromatic nitrogens is 2. The van der Waals surface area contributed by atoms with Crippen molar-refractivity contribution in [2.75, 3.05) is 0 Å². The lowest BCUT2D eigenvalue weighted by molar-refractivity contribution is -0.137. The highest BCUT2D eigenvalue weighted by Crippen LogP contribution is 2.37. The van der Waals surface area contributed by atoms with Crippen molar-refractivity contribution in [2.45, 2.75) is 32.5 Å². The highest BCUT2D eigenvalue weighted by Gasteiger charge is 2.35. The Balaban J connectivity index is 1.82. The Hall–Kier alpha value is -3.04. The Bertz CT molecular complexity index is 1430. The van der Waals surface area contributed by atoms with Crippen LogP contribution in [-0.2, 0) is 32.6 Å². The number of fused-ring (bicyclic) bond motifs is 1. The van der Waals surface area contributed by atoms with E-state index in [9.17, 15) is 22.8 Å². The van der Waals surface area contributed by atoms with E-state index in [-0.39, 0.29) is 30.4 Å². The van der Waals surface area contributed by atoms with E-state index >= 15 is 0 Å². The Morgan fingerprint density at radius 3 is 2.43 bits per heavy atom. The standard InChI is InChI=1S/C24H20Cl2F3N3O3/c1-3-32-22(33)17-11-14(10-13-4-6-15(25)7-5-13)21(30-20(17)31(2)23(32)34)35-16-8-9-19(26)18(12-16)24(27,28)29/h4-9,12,14H,3,10-11H2,1-2H3. The van der Waals surface area contributed by atoms with E-state index < -0.39 is 33.9 Å². The maximum atomic E-state index is 13.4. The lowest BCUT2D eigenvalue weighted by Gasteiger charge is -2.26. The van der Waals surface area contributed by atoms with Crippen LogP contribution in [0.1, 0.15) is 23.6 Å². The molecule has 184 valence electrons. The molecule has 35 heavy (non-hydrogen) atoms. The van der Waals surface area contributed by atoms with Crippen LogP contribution in [0.5, 0.6) is 5.75 Å². The first-order chi connectivity index (χ1) is 16.5. The van der Waals surface area contributed by atoms with Gasteiger partial charge in [-0.25, -0.2) is 4.79 Å². The number of hydrogen-bond acceptors (Lipinski definition) is 4. The van der Waals surface area contributed by atoms with Crippen LogP contribution in [0.25, 0.3) is 0 Å². The zero-order valence-electron chi connectivity index (χ0n) is 18.7. The fourth-order valence-electron chi connectivity index (χ4n) is 4.03. The van der Waals surface area contributed by atoms with E-state index in [0.29, 0.717) is 17.0 Å². The molecule has 0 radical (unpaired) electrons. The first-order valence-corrected chi connectivity index (χ1v) is 11.5. The van der Waals surface area contributed by atoms with Crippen molar-refractivity contribution in [3.63, 3.8) is 0 Å². The van der Waals surface area contributed by atoms with Gasteiger partial charge in [0.25, 0.3) is 5.56 Å². The third-order valence-corrected chi connectivity index (χ3v) is 6.38. The number of hydrogen-bond donors (Lipinski definition) is 0. The van der Waals surface area contributed by atoms with Gasteiger partial charge in [0.05, 0.1) is 16.1 Å². The van der Waals surface area contributed by atoms with Gasteiger partial charge in [-0.3, -0.25) is 13.9 Å². The topological polar surface area (TPSA) is 65.6 Å². The van der Waals surface area contributed by atoms with Crippen LogP contribution < -0.4 is 16.0 Å². The van der Waals surface area contributed by atoms with Gasteiger partial charge in [0.2, 0.25) is 0 Å². The molecule has 2 aromatic carbocycles. The molecule has 1 atom stereocenters. The van der Waals surface area contributed by atoms with Crippen LogP contribution in [0, 0.1) is 5.92 Å². The second-order valence-electron chi connectivity index (χ2n) is 8.12. The Morgan fingerprint density at radius 2 is 1.80 bits per heavy atom. The van der Waals surface area contributed by atoms with E-state index in [1.165, 1.54) is 17.7 Å². The summed E-state index contributed by atoms with van der Waals surface area (Å²) in [5.41, 5.74) is -0.818. The van der Waals surface area contributed by atoms with Crippen molar-refractivity contribution < 1.29 is 17.9 Å². The van der Waals surface area contributed by atoms with Gasteiger partial charge < -0.3 is 4.74 Å². The summed E-state index contributed by atoms with van der Waals surface area (Å²) in [6, 6.07) is 10.3. The van der Waals surface area contributed by atoms with Gasteiger partial charge in [-0.1, -0.05) is 35.3 Å². The molecule has 0 spiro atoms. The largest absolute Gasteiger partial charge is 0.443 e. The number of rotatable bonds is 4. The molecule has 0 bridgehead atoms. The molecule has 0 amide bonds. The highest BCUT2D eigenvalue weighted by atomic mass is 35.5. The third kappa shape index (κ3) is 5.01. The fourth-order valence-corrected chi connectivity index (χ4v) is 4.38. The second-order valence-corrected chi connectivity index (χ2v) is 8.96. The van der Waals surface area contributed by atoms with Gasteiger partial charge in [-0.05, 0) is 55.7 Å². The minimum absolute atomic E-state index is 0.0894. The predicted molar refractivity (Wildman–Crippen MR) is 128 cm³/mol. The van der Waals surface area contributed by atoms with Gasteiger partial charge in [0, 0.05) is 24.5 Å². The highest BCUT2D eigenvalue weighted by molar-refractivity contribution is 6.31. The first kappa shape index (κ1) is 25.1. The summed E-state index contributed by atoms with van der Waals surface area (Å²) in [6.07, 6.45) is -4.11. The molecule has 0 N–H and O–H groups in total. The van der Waals surface area contributed by atoms with E-state index in [1.54, 1.807) is 19.1 Å². The molecule has 0 saturated heterocycles. The lowest BCUT2D eigenvalue weighted by Crippen LogP contribution is -2.43. The number of aliphatic imine (C=N–C) groups is 1. The predicted octanol–water partition coefficient (Wildman–Crippen LogP) is 5.42. The normalized spacial score (nSPS) is 15.5. The average Bonchev–Trinajstić information content (AvgIpc) is 2.80. The van der Waals surface area contributed by atoms with E-state index in [4.69, 9.17) is 27.9 Å². The molecule has 4 rings (SSSR count). The lowest BCUT2D eigenvalue weighted by atomic mass is 9.91. The molecule has 0 aliphatic carbocycles. The average molecular weight is 526 g/mol. The maximum Gasteiger partial charge on any atom is 0.417 e. The molecule has 3 aromatic rings. The smallest absolute Gasteiger partial charge is 0.417 e. The van der Waals surface area contributed by atoms with E-state index in [2.05, 4.69) is 4.99 Å². The van der Waals surface area contributed by atoms with Crippen molar-refractivity contribution in [2.24, 2.45) is 18.0 Å². The quantitative estimate of drug-likeness (QED) is 0.457. The molecule has 0 fully saturated rings. The molecule has 1 aliphatic heterocycles. The monoisotopic (exact) mass is 525 g/mol. The minimum atomic E-state index is -4.67. The number of ether oxygens (including phenoxy) is 1. The molecular weight excluding hydrogens is 506 g/mol. The molecule has 2 heterocycles. The van der Waals surface area contributed by atoms with Crippen LogP contribution in [0.2, 0.25) is 10.0 Å². The third-order valence-electron chi connectivity index (χ3n) is 5.80. The van der Waals surface area contributed by atoms with Gasteiger partial charge in [-0.2, -0.15) is 18.2 Å². The summed E-state index contributed by atoms with van der Waals surface area (Å²) in [4.78, 5) is 30.1. The molecule has 1 aliphatic rings. The van der Waals surface area contributed by atoms with E-state index in [1.807, 2.05) is 12.1 Å². The van der Waals surface area contributed by atoms with Gasteiger partial charge in [-0.15, -0.1) is 0 Å². The molecular formula is C24H20Cl2F3N3O3. The molecule has 0 saturated carbocycles. The van der Waals surface area contributed by atoms with Crippen LogP contribution in [0.4, 0.5) is 19.0 Å². The Kier molecular flexibility index (Phi) is 6.83. The van der Waals surface area contributed by atoms with Crippen molar-refractivity contribution in [3.05, 3.63) is 90.0 Å². The van der Waals surface area contributed by atoms with Crippen LogP contribution >= 0.6 is 23.2 Å². The van der Waals surface area contributed by atoms with Gasteiger partial charge in [0.1, 0.15) is 11.6 Å². The minimum Gasteiger partial charge on any atom is -0.443 e. The number of halogens is 5. The second kappa shape index (κ2) is 9.54. The Morgan fingerprint density at radius 1 is 1.11 bits per heavy atom. The summed E-state index contributed by atoms with van der Waals surface area (Å²) in [5.74, 6) is -0.385. The van der Waals surface area contributed by atoms with Crippen molar-refractivity contribution in [3.8, 4) is 5.75 Å². The van der Waals surface area contributed by atoms with Gasteiger partial charge >= 0.3 is 11.9 Å². The zero-order valence-corrected chi connectivity index (χ0v) is 20.2. The summed E-state index contributed by atoms with van der Waals surface area (Å²) in [6.45, 7) is 1.89. The van der Waals surface area contributed by atoms with E-state index in [0.717, 1.165) is 22.3 Å². The zero-order chi connectivity index (χ0) is 25.5. The van der Waals surface area contributed by atoms with Crippen molar-refractivity contribution >= 4 is 34.9 Å². The molecule has 6 nitrogen and oxygen atoms in total. The fraction of sp³-hybridized carbons (Fsp3) is 0.292. The van der Waals surface area contributed by atoms with Crippen LogP contribution in [-0.4, -0.2) is 15.0 Å². The molecule has 1 aromatic heterocycles. The summed E-state index contributed by atoms with van der Waals surface area (Å²) < 4.78 is 48.3. The number of benzene rings is 2. The Labute approximate surface area is 208 Å².